The van der Waals surface area contributed by atoms with Gasteiger partial charge in [-0.1, -0.05) is 6.58 Å². The highest BCUT2D eigenvalue weighted by Crippen LogP contribution is 2.46. The summed E-state index contributed by atoms with van der Waals surface area (Å²) in [6, 6.07) is 3.60. The highest BCUT2D eigenvalue weighted by molar-refractivity contribution is 7.98. The zero-order valence-electron chi connectivity index (χ0n) is 16.2. The topological polar surface area (TPSA) is 68.5 Å². The van der Waals surface area contributed by atoms with E-state index in [1.165, 1.54) is 11.8 Å². The quantitative estimate of drug-likeness (QED) is 0.602. The van der Waals surface area contributed by atoms with Crippen molar-refractivity contribution in [3.05, 3.63) is 64.3 Å². The Bertz CT molecular complexity index is 1180. The van der Waals surface area contributed by atoms with E-state index in [9.17, 15) is 4.79 Å². The Balaban J connectivity index is 1.76. The average Bonchev–Trinajstić information content (AvgIpc) is 3.09. The van der Waals surface area contributed by atoms with E-state index in [0.29, 0.717) is 22.3 Å². The molecule has 0 amide bonds. The molecule has 5 nitrogen and oxygen atoms in total. The molecule has 2 aromatic rings. The Kier molecular flexibility index (Phi) is 4.08. The van der Waals surface area contributed by atoms with Crippen LogP contribution in [0.4, 0.5) is 4.39 Å². The van der Waals surface area contributed by atoms with E-state index in [4.69, 9.17) is 15.5 Å². The molecule has 7 heteroatoms. The minimum Gasteiger partial charge on any atom is -0.460 e. The summed E-state index contributed by atoms with van der Waals surface area (Å²) >= 11 is 1.37. The number of esters is 1. The predicted octanol–water partition coefficient (Wildman–Crippen LogP) is 3.73. The first-order chi connectivity index (χ1) is 14.0. The van der Waals surface area contributed by atoms with E-state index in [1.807, 2.05) is 25.3 Å². The minimum atomic E-state index is -0.356. The fourth-order valence-corrected chi connectivity index (χ4v) is 4.93. The van der Waals surface area contributed by atoms with E-state index in [-0.39, 0.29) is 30.9 Å². The van der Waals surface area contributed by atoms with Gasteiger partial charge in [0, 0.05) is 33.7 Å². The Morgan fingerprint density at radius 3 is 2.97 bits per heavy atom. The number of thioether (sulfide) groups is 1. The summed E-state index contributed by atoms with van der Waals surface area (Å²) in [5.41, 5.74) is 12.7. The number of nitrogens with two attached hydrogens (primary N) is 1. The standard InChI is InChI=1S/C22H20FN3O2S/c1-10-12-6-17-21-14(8-26(17)11(2)15(12)9-28-22(10)27)13(7-24)19-16(25-21)4-5-18(29-3)20(19)23/h4-6,10H,2,7-9,24H2,1,3H3. The summed E-state index contributed by atoms with van der Waals surface area (Å²) in [7, 11) is 0. The lowest BCUT2D eigenvalue weighted by atomic mass is 9.88. The molecule has 0 bridgehead atoms. The summed E-state index contributed by atoms with van der Waals surface area (Å²) in [4.78, 5) is 19.5. The number of benzene rings is 1. The second kappa shape index (κ2) is 6.43. The van der Waals surface area contributed by atoms with Crippen molar-refractivity contribution in [2.75, 3.05) is 12.9 Å². The number of halogens is 1. The van der Waals surface area contributed by atoms with Crippen LogP contribution < -0.4 is 5.73 Å². The highest BCUT2D eigenvalue weighted by Gasteiger charge is 2.39. The molecule has 4 heterocycles. The van der Waals surface area contributed by atoms with E-state index in [2.05, 4.69) is 11.5 Å². The number of nitrogens with zero attached hydrogens (tertiary/aromatic N) is 2. The third-order valence-corrected chi connectivity index (χ3v) is 6.79. The SMILES string of the molecule is C=C1C2=C(C=C3c4nc5ccc(SC)c(F)c5c(CN)c4CN13)C(C)C(=O)OC2. The van der Waals surface area contributed by atoms with Gasteiger partial charge in [0.1, 0.15) is 12.4 Å². The number of hydrogen-bond acceptors (Lipinski definition) is 6. The van der Waals surface area contributed by atoms with Gasteiger partial charge in [-0.2, -0.15) is 0 Å². The molecule has 2 N–H and O–H groups in total. The number of ether oxygens (including phenoxy) is 1. The number of cyclic esters (lactones) is 1. The minimum absolute atomic E-state index is 0.217. The monoisotopic (exact) mass is 409 g/mol. The number of hydrogen-bond donors (Lipinski definition) is 1. The van der Waals surface area contributed by atoms with Crippen molar-refractivity contribution in [3.63, 3.8) is 0 Å². The van der Waals surface area contributed by atoms with Crippen LogP contribution in [0, 0.1) is 11.7 Å². The van der Waals surface area contributed by atoms with Gasteiger partial charge in [0.15, 0.2) is 0 Å². The van der Waals surface area contributed by atoms with Gasteiger partial charge in [0.2, 0.25) is 0 Å². The van der Waals surface area contributed by atoms with E-state index in [1.54, 1.807) is 6.07 Å². The van der Waals surface area contributed by atoms with Gasteiger partial charge >= 0.3 is 5.97 Å². The fraction of sp³-hybridized carbons (Fsp3) is 0.273. The summed E-state index contributed by atoms with van der Waals surface area (Å²) in [6.45, 7) is 7.06. The Hall–Kier alpha value is -2.64. The van der Waals surface area contributed by atoms with Crippen molar-refractivity contribution in [1.82, 2.24) is 9.88 Å². The first-order valence-corrected chi connectivity index (χ1v) is 10.6. The van der Waals surface area contributed by atoms with Gasteiger partial charge in [-0.05, 0) is 42.5 Å². The summed E-state index contributed by atoms with van der Waals surface area (Å²) in [5, 5.41) is 0.494. The van der Waals surface area contributed by atoms with Gasteiger partial charge in [0.25, 0.3) is 0 Å². The van der Waals surface area contributed by atoms with Gasteiger partial charge in [-0.3, -0.25) is 4.79 Å². The lowest BCUT2D eigenvalue weighted by Gasteiger charge is -2.34. The molecule has 1 atom stereocenters. The molecule has 29 heavy (non-hydrogen) atoms. The molecule has 0 radical (unpaired) electrons. The molecule has 3 aliphatic heterocycles. The number of aromatic nitrogens is 1. The van der Waals surface area contributed by atoms with Crippen molar-refractivity contribution in [3.8, 4) is 0 Å². The third-order valence-electron chi connectivity index (χ3n) is 6.04. The summed E-state index contributed by atoms with van der Waals surface area (Å²) in [5.74, 6) is -0.862. The Morgan fingerprint density at radius 1 is 1.45 bits per heavy atom. The van der Waals surface area contributed by atoms with Gasteiger partial charge in [-0.15, -0.1) is 11.8 Å². The third kappa shape index (κ3) is 2.44. The van der Waals surface area contributed by atoms with Crippen LogP contribution in [0.2, 0.25) is 0 Å². The lowest BCUT2D eigenvalue weighted by Crippen LogP contribution is -2.31. The number of fused-ring (bicyclic) bond motifs is 4. The molecule has 0 fully saturated rings. The maximum Gasteiger partial charge on any atom is 0.313 e. The summed E-state index contributed by atoms with van der Waals surface area (Å²) in [6.07, 6.45) is 3.86. The molecule has 5 rings (SSSR count). The van der Waals surface area contributed by atoms with Crippen LogP contribution in [-0.2, 0) is 22.6 Å². The zero-order chi connectivity index (χ0) is 20.4. The predicted molar refractivity (Wildman–Crippen MR) is 111 cm³/mol. The van der Waals surface area contributed by atoms with E-state index < -0.39 is 0 Å². The van der Waals surface area contributed by atoms with Crippen LogP contribution in [0.5, 0.6) is 0 Å². The molecule has 3 aliphatic rings. The van der Waals surface area contributed by atoms with E-state index >= 15 is 4.39 Å². The molecule has 0 saturated heterocycles. The van der Waals surface area contributed by atoms with Crippen LogP contribution >= 0.6 is 11.8 Å². The van der Waals surface area contributed by atoms with Gasteiger partial charge < -0.3 is 15.4 Å². The highest BCUT2D eigenvalue weighted by atomic mass is 32.2. The normalized spacial score (nSPS) is 20.5. The fourth-order valence-electron chi connectivity index (χ4n) is 4.44. The average molecular weight is 409 g/mol. The van der Waals surface area contributed by atoms with Gasteiger partial charge in [0.05, 0.1) is 29.4 Å². The van der Waals surface area contributed by atoms with Crippen molar-refractivity contribution in [2.24, 2.45) is 11.7 Å². The number of pyridine rings is 1. The van der Waals surface area contributed by atoms with Crippen LogP contribution in [0.15, 0.2) is 46.5 Å². The second-order valence-electron chi connectivity index (χ2n) is 7.42. The van der Waals surface area contributed by atoms with Crippen molar-refractivity contribution in [2.45, 2.75) is 24.9 Å². The molecule has 1 unspecified atom stereocenters. The second-order valence-corrected chi connectivity index (χ2v) is 8.27. The molecule has 1 aromatic carbocycles. The van der Waals surface area contributed by atoms with Crippen LogP contribution in [0.1, 0.15) is 23.7 Å². The molecule has 0 aliphatic carbocycles. The molecular weight excluding hydrogens is 389 g/mol. The largest absolute Gasteiger partial charge is 0.460 e. The number of allylic oxidation sites excluding steroid dienone is 1. The molecule has 0 spiro atoms. The first kappa shape index (κ1) is 18.4. The molecule has 148 valence electrons. The van der Waals surface area contributed by atoms with Crippen molar-refractivity contribution < 1.29 is 13.9 Å². The van der Waals surface area contributed by atoms with Crippen LogP contribution in [-0.4, -0.2) is 28.7 Å². The zero-order valence-corrected chi connectivity index (χ0v) is 17.0. The number of rotatable bonds is 2. The van der Waals surface area contributed by atoms with Gasteiger partial charge in [-0.25, -0.2) is 9.37 Å². The number of carbonyl (C=O) groups excluding carboxylic acids is 1. The molecule has 0 saturated carbocycles. The summed E-state index contributed by atoms with van der Waals surface area (Å²) < 4.78 is 20.4. The maximum atomic E-state index is 15.1. The Labute approximate surface area is 172 Å². The van der Waals surface area contributed by atoms with Crippen LogP contribution in [0.25, 0.3) is 16.6 Å². The molecular formula is C22H20FN3O2S. The number of carbonyl (C=O) groups is 1. The smallest absolute Gasteiger partial charge is 0.313 e. The lowest BCUT2D eigenvalue weighted by molar-refractivity contribution is -0.146. The Morgan fingerprint density at radius 2 is 2.24 bits per heavy atom. The molecule has 1 aromatic heterocycles. The first-order valence-electron chi connectivity index (χ1n) is 9.42. The maximum absolute atomic E-state index is 15.1. The van der Waals surface area contributed by atoms with Crippen LogP contribution in [0.3, 0.4) is 0 Å². The van der Waals surface area contributed by atoms with E-state index in [0.717, 1.165) is 39.4 Å². The van der Waals surface area contributed by atoms with Crippen molar-refractivity contribution >= 4 is 34.3 Å². The van der Waals surface area contributed by atoms with Crippen molar-refractivity contribution in [1.29, 1.82) is 0 Å².